The van der Waals surface area contributed by atoms with Gasteiger partial charge in [-0.05, 0) is 24.3 Å². The monoisotopic (exact) mass is 338 g/mol. The van der Waals surface area contributed by atoms with E-state index in [1.165, 1.54) is 0 Å². The highest BCUT2D eigenvalue weighted by molar-refractivity contribution is 6.35. The maximum absolute atomic E-state index is 11.7. The van der Waals surface area contributed by atoms with Crippen LogP contribution in [0.5, 0.6) is 5.75 Å². The van der Waals surface area contributed by atoms with E-state index in [4.69, 9.17) is 26.2 Å². The fraction of sp³-hybridized carbons (Fsp3) is 0.267. The third-order valence-electron chi connectivity index (χ3n) is 2.83. The molecule has 0 atom stereocenters. The van der Waals surface area contributed by atoms with Crippen molar-refractivity contribution < 1.29 is 24.2 Å². The predicted octanol–water partition coefficient (Wildman–Crippen LogP) is 1.48. The first-order valence-corrected chi connectivity index (χ1v) is 7.18. The van der Waals surface area contributed by atoms with E-state index in [-0.39, 0.29) is 25.7 Å². The van der Waals surface area contributed by atoms with Crippen LogP contribution in [0, 0.1) is 0 Å². The summed E-state index contributed by atoms with van der Waals surface area (Å²) in [4.78, 5) is 26.1. The molecule has 0 bridgehead atoms. The number of hydrogen-bond donors (Lipinski definition) is 2. The van der Waals surface area contributed by atoms with Crippen LogP contribution in [0.2, 0.25) is 5.02 Å². The normalized spacial score (nSPS) is 10.5. The Morgan fingerprint density at radius 3 is 2.87 bits per heavy atom. The number of pyridine rings is 1. The van der Waals surface area contributed by atoms with Crippen molar-refractivity contribution in [3.63, 3.8) is 0 Å². The van der Waals surface area contributed by atoms with Crippen LogP contribution in [-0.4, -0.2) is 48.3 Å². The van der Waals surface area contributed by atoms with Gasteiger partial charge in [-0.3, -0.25) is 9.78 Å². The summed E-state index contributed by atoms with van der Waals surface area (Å²) in [6.45, 7) is -0.264. The summed E-state index contributed by atoms with van der Waals surface area (Å²) >= 11 is 6.08. The number of carbonyl (C=O) groups is 2. The number of nitrogens with one attached hydrogen (secondary N) is 1. The molecule has 0 unspecified atom stereocenters. The van der Waals surface area contributed by atoms with Crippen LogP contribution in [0.15, 0.2) is 30.5 Å². The van der Waals surface area contributed by atoms with E-state index in [1.54, 1.807) is 24.4 Å². The molecule has 2 aromatic rings. The Hall–Kier alpha value is -2.38. The molecule has 1 amide bonds. The second kappa shape index (κ2) is 8.30. The molecule has 122 valence electrons. The van der Waals surface area contributed by atoms with Crippen molar-refractivity contribution in [2.45, 2.75) is 0 Å². The SMILES string of the molecule is O=C(O)COCCNC(=O)COc1ccc(Cl)c2cccnc12. The average Bonchev–Trinajstić information content (AvgIpc) is 2.54. The van der Waals surface area contributed by atoms with Gasteiger partial charge in [-0.2, -0.15) is 0 Å². The molecule has 0 radical (unpaired) electrons. The summed E-state index contributed by atoms with van der Waals surface area (Å²) in [6, 6.07) is 6.92. The molecule has 1 aromatic heterocycles. The Morgan fingerprint density at radius 1 is 1.26 bits per heavy atom. The van der Waals surface area contributed by atoms with E-state index < -0.39 is 12.6 Å². The number of fused-ring (bicyclic) bond motifs is 1. The van der Waals surface area contributed by atoms with Gasteiger partial charge in [0.1, 0.15) is 17.9 Å². The van der Waals surface area contributed by atoms with Crippen LogP contribution in [-0.2, 0) is 14.3 Å². The van der Waals surface area contributed by atoms with Crippen LogP contribution >= 0.6 is 11.6 Å². The Labute approximate surface area is 137 Å². The van der Waals surface area contributed by atoms with Gasteiger partial charge < -0.3 is 19.9 Å². The molecule has 23 heavy (non-hydrogen) atoms. The lowest BCUT2D eigenvalue weighted by Gasteiger charge is -2.10. The number of benzene rings is 1. The van der Waals surface area contributed by atoms with Crippen LogP contribution in [0.4, 0.5) is 0 Å². The lowest BCUT2D eigenvalue weighted by atomic mass is 10.2. The van der Waals surface area contributed by atoms with Gasteiger partial charge >= 0.3 is 5.97 Å². The van der Waals surface area contributed by atoms with E-state index in [1.807, 2.05) is 6.07 Å². The molecule has 1 heterocycles. The van der Waals surface area contributed by atoms with E-state index in [0.717, 1.165) is 5.39 Å². The number of nitrogens with zero attached hydrogens (tertiary/aromatic N) is 1. The lowest BCUT2D eigenvalue weighted by molar-refractivity contribution is -0.142. The highest BCUT2D eigenvalue weighted by Crippen LogP contribution is 2.29. The van der Waals surface area contributed by atoms with Gasteiger partial charge in [-0.1, -0.05) is 11.6 Å². The fourth-order valence-electron chi connectivity index (χ4n) is 1.84. The first-order valence-electron chi connectivity index (χ1n) is 6.80. The molecule has 1 aromatic carbocycles. The first kappa shape index (κ1) is 17.0. The lowest BCUT2D eigenvalue weighted by Crippen LogP contribution is -2.32. The highest BCUT2D eigenvalue weighted by Gasteiger charge is 2.09. The maximum atomic E-state index is 11.7. The van der Waals surface area contributed by atoms with Crippen molar-refractivity contribution in [1.29, 1.82) is 0 Å². The van der Waals surface area contributed by atoms with E-state index in [2.05, 4.69) is 10.3 Å². The number of aromatic nitrogens is 1. The maximum Gasteiger partial charge on any atom is 0.329 e. The molecule has 7 nitrogen and oxygen atoms in total. The highest BCUT2D eigenvalue weighted by atomic mass is 35.5. The van der Waals surface area contributed by atoms with Crippen molar-refractivity contribution >= 4 is 34.4 Å². The largest absolute Gasteiger partial charge is 0.481 e. The average molecular weight is 339 g/mol. The van der Waals surface area contributed by atoms with E-state index >= 15 is 0 Å². The third kappa shape index (κ3) is 5.08. The molecule has 0 saturated heterocycles. The zero-order valence-electron chi connectivity index (χ0n) is 12.1. The Bertz CT molecular complexity index is 707. The molecule has 0 fully saturated rings. The number of rotatable bonds is 8. The number of aliphatic carboxylic acids is 1. The molecule has 2 N–H and O–H groups in total. The minimum absolute atomic E-state index is 0.115. The minimum Gasteiger partial charge on any atom is -0.481 e. The Balaban J connectivity index is 1.83. The number of hydrogen-bond acceptors (Lipinski definition) is 5. The van der Waals surface area contributed by atoms with Crippen molar-refractivity contribution in [1.82, 2.24) is 10.3 Å². The van der Waals surface area contributed by atoms with Crippen molar-refractivity contribution in [2.24, 2.45) is 0 Å². The molecule has 2 rings (SSSR count). The van der Waals surface area contributed by atoms with Crippen LogP contribution in [0.1, 0.15) is 0 Å². The van der Waals surface area contributed by atoms with E-state index in [9.17, 15) is 9.59 Å². The number of ether oxygens (including phenoxy) is 2. The third-order valence-corrected chi connectivity index (χ3v) is 3.16. The first-order chi connectivity index (χ1) is 11.1. The molecule has 0 aliphatic heterocycles. The van der Waals surface area contributed by atoms with Crippen molar-refractivity contribution in [2.75, 3.05) is 26.4 Å². The Kier molecular flexibility index (Phi) is 6.13. The second-order valence-electron chi connectivity index (χ2n) is 4.53. The summed E-state index contributed by atoms with van der Waals surface area (Å²) in [6.07, 6.45) is 1.62. The number of halogens is 1. The second-order valence-corrected chi connectivity index (χ2v) is 4.94. The zero-order chi connectivity index (χ0) is 16.7. The molecule has 8 heteroatoms. The topological polar surface area (TPSA) is 97.8 Å². The fourth-order valence-corrected chi connectivity index (χ4v) is 2.06. The summed E-state index contributed by atoms with van der Waals surface area (Å²) in [5.74, 6) is -0.938. The number of amides is 1. The summed E-state index contributed by atoms with van der Waals surface area (Å²) in [7, 11) is 0. The van der Waals surface area contributed by atoms with Crippen molar-refractivity contribution in [3.05, 3.63) is 35.5 Å². The predicted molar refractivity (Wildman–Crippen MR) is 83.7 cm³/mol. The molecule has 0 aliphatic carbocycles. The quantitative estimate of drug-likeness (QED) is 0.708. The van der Waals surface area contributed by atoms with Crippen LogP contribution in [0.25, 0.3) is 10.9 Å². The zero-order valence-corrected chi connectivity index (χ0v) is 12.9. The molecule has 0 saturated carbocycles. The van der Waals surface area contributed by atoms with Crippen molar-refractivity contribution in [3.8, 4) is 5.75 Å². The molecule has 0 spiro atoms. The van der Waals surface area contributed by atoms with Gasteiger partial charge in [0.15, 0.2) is 6.61 Å². The smallest absolute Gasteiger partial charge is 0.329 e. The van der Waals surface area contributed by atoms with Gasteiger partial charge in [0, 0.05) is 18.1 Å². The van der Waals surface area contributed by atoms with E-state index in [0.29, 0.717) is 16.3 Å². The summed E-state index contributed by atoms with van der Waals surface area (Å²) in [5, 5.41) is 12.2. The number of carboxylic acid groups (broad SMARTS) is 1. The minimum atomic E-state index is -1.05. The van der Waals surface area contributed by atoms with Crippen LogP contribution < -0.4 is 10.1 Å². The summed E-state index contributed by atoms with van der Waals surface area (Å²) < 4.78 is 10.3. The molecular weight excluding hydrogens is 324 g/mol. The van der Waals surface area contributed by atoms with Gasteiger partial charge in [0.25, 0.3) is 5.91 Å². The Morgan fingerprint density at radius 2 is 2.09 bits per heavy atom. The number of carboxylic acids is 1. The molecular formula is C15H15ClN2O5. The van der Waals surface area contributed by atoms with Gasteiger partial charge in [-0.15, -0.1) is 0 Å². The summed E-state index contributed by atoms with van der Waals surface area (Å²) in [5.41, 5.74) is 0.581. The molecule has 0 aliphatic rings. The van der Waals surface area contributed by atoms with Gasteiger partial charge in [-0.25, -0.2) is 4.79 Å². The van der Waals surface area contributed by atoms with Gasteiger partial charge in [0.2, 0.25) is 0 Å². The standard InChI is InChI=1S/C15H15ClN2O5/c16-11-3-4-12(15-10(11)2-1-5-18-15)23-8-13(19)17-6-7-22-9-14(20)21/h1-5H,6-9H2,(H,17,19)(H,20,21). The van der Waals surface area contributed by atoms with Gasteiger partial charge in [0.05, 0.1) is 11.6 Å². The van der Waals surface area contributed by atoms with Crippen LogP contribution in [0.3, 0.4) is 0 Å². The number of carbonyl (C=O) groups excluding carboxylic acids is 1.